The van der Waals surface area contributed by atoms with E-state index in [-0.39, 0.29) is 10.6 Å². The lowest BCUT2D eigenvalue weighted by atomic mass is 9.98. The van der Waals surface area contributed by atoms with Crippen molar-refractivity contribution >= 4 is 16.6 Å². The summed E-state index contributed by atoms with van der Waals surface area (Å²) < 4.78 is 2.22. The fraction of sp³-hybridized carbons (Fsp3) is 0.429. The number of nitro groups is 1. The second-order valence-corrected chi connectivity index (χ2v) is 5.16. The van der Waals surface area contributed by atoms with Crippen LogP contribution in [0.4, 0.5) is 5.69 Å². The molecule has 0 bridgehead atoms. The molecule has 0 saturated carbocycles. The Bertz CT molecular complexity index is 600. The molecule has 1 aliphatic rings. The molecule has 19 heavy (non-hydrogen) atoms. The third kappa shape index (κ3) is 2.46. The average Bonchev–Trinajstić information content (AvgIpc) is 2.82. The van der Waals surface area contributed by atoms with Gasteiger partial charge in [-0.3, -0.25) is 10.1 Å². The van der Waals surface area contributed by atoms with Gasteiger partial charge in [-0.15, -0.1) is 0 Å². The van der Waals surface area contributed by atoms with Crippen LogP contribution in [0.3, 0.4) is 0 Å². The van der Waals surface area contributed by atoms with Gasteiger partial charge in [0.1, 0.15) is 0 Å². The first-order valence-electron chi connectivity index (χ1n) is 6.68. The Kier molecular flexibility index (Phi) is 3.21. The van der Waals surface area contributed by atoms with Gasteiger partial charge in [0.2, 0.25) is 0 Å². The summed E-state index contributed by atoms with van der Waals surface area (Å²) in [6, 6.07) is 7.05. The van der Waals surface area contributed by atoms with Gasteiger partial charge in [0, 0.05) is 35.8 Å². The van der Waals surface area contributed by atoms with Crippen molar-refractivity contribution in [3.63, 3.8) is 0 Å². The Hall–Kier alpha value is -1.88. The molecule has 0 spiro atoms. The van der Waals surface area contributed by atoms with Crippen LogP contribution in [0.15, 0.2) is 30.5 Å². The second kappa shape index (κ2) is 5.01. The molecular weight excluding hydrogens is 242 g/mol. The minimum Gasteiger partial charge on any atom is -0.347 e. The molecule has 0 aliphatic carbocycles. The lowest BCUT2D eigenvalue weighted by Crippen LogP contribution is -2.29. The van der Waals surface area contributed by atoms with E-state index < -0.39 is 0 Å². The fourth-order valence-corrected chi connectivity index (χ4v) is 2.80. The van der Waals surface area contributed by atoms with E-state index in [2.05, 4.69) is 9.88 Å². The second-order valence-electron chi connectivity index (χ2n) is 5.16. The van der Waals surface area contributed by atoms with Gasteiger partial charge in [-0.25, -0.2) is 0 Å². The molecule has 1 aromatic heterocycles. The number of nitrogens with one attached hydrogen (secondary N) is 1. The molecular formula is C14H17N3O2. The zero-order valence-corrected chi connectivity index (χ0v) is 10.7. The summed E-state index contributed by atoms with van der Waals surface area (Å²) in [5.74, 6) is 0.701. The van der Waals surface area contributed by atoms with Crippen LogP contribution < -0.4 is 5.32 Å². The molecule has 1 fully saturated rings. The average molecular weight is 259 g/mol. The number of non-ortho nitro benzene ring substituents is 1. The number of nitrogens with zero attached hydrogens (tertiary/aromatic N) is 2. The summed E-state index contributed by atoms with van der Waals surface area (Å²) in [4.78, 5) is 10.4. The van der Waals surface area contributed by atoms with Crippen molar-refractivity contribution in [2.45, 2.75) is 19.4 Å². The van der Waals surface area contributed by atoms with E-state index in [0.717, 1.165) is 30.5 Å². The molecule has 1 N–H and O–H groups in total. The van der Waals surface area contributed by atoms with E-state index >= 15 is 0 Å². The molecule has 100 valence electrons. The number of hydrogen-bond donors (Lipinski definition) is 1. The highest BCUT2D eigenvalue weighted by Crippen LogP contribution is 2.24. The molecule has 0 unspecified atom stereocenters. The van der Waals surface area contributed by atoms with Gasteiger partial charge in [-0.05, 0) is 44.0 Å². The van der Waals surface area contributed by atoms with Crippen molar-refractivity contribution in [3.05, 3.63) is 40.6 Å². The molecule has 2 heterocycles. The lowest BCUT2D eigenvalue weighted by Gasteiger charge is -2.23. The van der Waals surface area contributed by atoms with Crippen molar-refractivity contribution < 1.29 is 4.92 Å². The molecule has 2 aromatic rings. The quantitative estimate of drug-likeness (QED) is 0.680. The van der Waals surface area contributed by atoms with Gasteiger partial charge in [-0.1, -0.05) is 0 Å². The monoisotopic (exact) mass is 259 g/mol. The molecule has 0 radical (unpaired) electrons. The molecule has 1 saturated heterocycles. The van der Waals surface area contributed by atoms with E-state index in [1.165, 1.54) is 12.8 Å². The summed E-state index contributed by atoms with van der Waals surface area (Å²) in [6.45, 7) is 3.19. The summed E-state index contributed by atoms with van der Waals surface area (Å²) in [6.07, 6.45) is 4.44. The first kappa shape index (κ1) is 12.2. The summed E-state index contributed by atoms with van der Waals surface area (Å²) in [5, 5.41) is 15.1. The molecule has 1 aromatic carbocycles. The van der Waals surface area contributed by atoms with Gasteiger partial charge in [-0.2, -0.15) is 0 Å². The van der Waals surface area contributed by atoms with Crippen molar-refractivity contribution in [3.8, 4) is 0 Å². The first-order valence-corrected chi connectivity index (χ1v) is 6.68. The van der Waals surface area contributed by atoms with Gasteiger partial charge in [0.25, 0.3) is 5.69 Å². The van der Waals surface area contributed by atoms with E-state index in [4.69, 9.17) is 0 Å². The van der Waals surface area contributed by atoms with Gasteiger partial charge in [0.15, 0.2) is 0 Å². The minimum absolute atomic E-state index is 0.159. The number of hydrogen-bond acceptors (Lipinski definition) is 3. The molecule has 0 amide bonds. The predicted molar refractivity (Wildman–Crippen MR) is 74.2 cm³/mol. The first-order chi connectivity index (χ1) is 9.24. The van der Waals surface area contributed by atoms with Crippen molar-refractivity contribution in [2.75, 3.05) is 13.1 Å². The minimum atomic E-state index is -0.344. The zero-order valence-electron chi connectivity index (χ0n) is 10.7. The number of piperidine rings is 1. The number of aromatic nitrogens is 1. The standard InChI is InChI=1S/C14H17N3O2/c18-17(19)13-1-2-14-12(9-13)5-8-16(14)10-11-3-6-15-7-4-11/h1-2,5,8-9,11,15H,3-4,6-7,10H2. The Labute approximate surface area is 111 Å². The smallest absolute Gasteiger partial charge is 0.270 e. The van der Waals surface area contributed by atoms with Gasteiger partial charge >= 0.3 is 0 Å². The Morgan fingerprint density at radius 3 is 2.84 bits per heavy atom. The van der Waals surface area contributed by atoms with Crippen LogP contribution in [0.1, 0.15) is 12.8 Å². The highest BCUT2D eigenvalue weighted by atomic mass is 16.6. The normalized spacial score (nSPS) is 16.8. The summed E-state index contributed by atoms with van der Waals surface area (Å²) >= 11 is 0. The fourth-order valence-electron chi connectivity index (χ4n) is 2.80. The number of benzene rings is 1. The molecule has 5 heteroatoms. The van der Waals surface area contributed by atoms with Crippen LogP contribution in [0, 0.1) is 16.0 Å². The number of fused-ring (bicyclic) bond motifs is 1. The Morgan fingerprint density at radius 2 is 2.11 bits per heavy atom. The SMILES string of the molecule is O=[N+]([O-])c1ccc2c(ccn2CC2CCNCC2)c1. The van der Waals surface area contributed by atoms with Gasteiger partial charge in [0.05, 0.1) is 4.92 Å². The zero-order chi connectivity index (χ0) is 13.2. The summed E-state index contributed by atoms with van der Waals surface area (Å²) in [5.41, 5.74) is 1.25. The topological polar surface area (TPSA) is 60.1 Å². The largest absolute Gasteiger partial charge is 0.347 e. The number of nitro benzene ring substituents is 1. The third-order valence-electron chi connectivity index (χ3n) is 3.88. The Balaban J connectivity index is 1.86. The van der Waals surface area contributed by atoms with Crippen LogP contribution in [-0.4, -0.2) is 22.6 Å². The van der Waals surface area contributed by atoms with Crippen molar-refractivity contribution in [2.24, 2.45) is 5.92 Å². The number of rotatable bonds is 3. The van der Waals surface area contributed by atoms with E-state index in [1.807, 2.05) is 18.3 Å². The maximum absolute atomic E-state index is 10.8. The lowest BCUT2D eigenvalue weighted by molar-refractivity contribution is -0.384. The molecule has 0 atom stereocenters. The van der Waals surface area contributed by atoms with Crippen LogP contribution in [0.2, 0.25) is 0 Å². The van der Waals surface area contributed by atoms with Gasteiger partial charge < -0.3 is 9.88 Å². The third-order valence-corrected chi connectivity index (χ3v) is 3.88. The molecule has 1 aliphatic heterocycles. The van der Waals surface area contributed by atoms with Crippen LogP contribution >= 0.6 is 0 Å². The van der Waals surface area contributed by atoms with Crippen molar-refractivity contribution in [1.82, 2.24) is 9.88 Å². The molecule has 5 nitrogen and oxygen atoms in total. The summed E-state index contributed by atoms with van der Waals surface area (Å²) in [7, 11) is 0. The van der Waals surface area contributed by atoms with E-state index in [0.29, 0.717) is 5.92 Å². The van der Waals surface area contributed by atoms with E-state index in [1.54, 1.807) is 12.1 Å². The van der Waals surface area contributed by atoms with E-state index in [9.17, 15) is 10.1 Å². The van der Waals surface area contributed by atoms with Crippen LogP contribution in [0.5, 0.6) is 0 Å². The van der Waals surface area contributed by atoms with Crippen LogP contribution in [0.25, 0.3) is 10.9 Å². The maximum atomic E-state index is 10.8. The highest BCUT2D eigenvalue weighted by Gasteiger charge is 2.15. The van der Waals surface area contributed by atoms with Crippen molar-refractivity contribution in [1.29, 1.82) is 0 Å². The maximum Gasteiger partial charge on any atom is 0.270 e. The van der Waals surface area contributed by atoms with Crippen LogP contribution in [-0.2, 0) is 6.54 Å². The molecule has 3 rings (SSSR count). The highest BCUT2D eigenvalue weighted by molar-refractivity contribution is 5.82. The Morgan fingerprint density at radius 1 is 1.32 bits per heavy atom. The predicted octanol–water partition coefficient (Wildman–Crippen LogP) is 2.55.